The van der Waals surface area contributed by atoms with Gasteiger partial charge in [-0.2, -0.15) is 5.10 Å². The largest absolute Gasteiger partial charge is 0.481 e. The lowest BCUT2D eigenvalue weighted by molar-refractivity contribution is -0.108. The van der Waals surface area contributed by atoms with Crippen LogP contribution in [0.25, 0.3) is 33.2 Å². The molecule has 1 saturated heterocycles. The van der Waals surface area contributed by atoms with E-state index in [0.29, 0.717) is 34.4 Å². The van der Waals surface area contributed by atoms with Crippen molar-refractivity contribution in [3.05, 3.63) is 93.0 Å². The highest BCUT2D eigenvalue weighted by molar-refractivity contribution is 6.36. The lowest BCUT2D eigenvalue weighted by atomic mass is 9.96. The number of methoxy groups -OCH3 is 1. The minimum atomic E-state index is -0.217. The van der Waals surface area contributed by atoms with Crippen molar-refractivity contribution < 1.29 is 9.53 Å². The standard InChI is InChI=1S/C37H37ClN6O3/c1-22-26(8-5-11-29(22)41-35-33-25(14-16-39-35)20-40-43(2)37(33)46)27-9-4-10-28(34(27)38)30-19-24-12-13-31(32(24)36(42-30)47-3)44-17-15-23(21-44)7-6-18-45/h4-5,8-11,14,16,18-20,23,31H,6-7,12-13,15,17,21H2,1-3H3,(H,39,41)/t23?,31-/m1/s1. The fourth-order valence-corrected chi connectivity index (χ4v) is 7.65. The summed E-state index contributed by atoms with van der Waals surface area (Å²) in [6.45, 7) is 4.07. The first-order valence-electron chi connectivity index (χ1n) is 16.1. The summed E-state index contributed by atoms with van der Waals surface area (Å²) in [5, 5.41) is 9.35. The molecule has 0 saturated carbocycles. The summed E-state index contributed by atoms with van der Waals surface area (Å²) in [5.74, 6) is 1.70. The number of anilines is 2. The number of aromatic nitrogens is 4. The minimum absolute atomic E-state index is 0.217. The van der Waals surface area contributed by atoms with Crippen molar-refractivity contribution in [3.63, 3.8) is 0 Å². The van der Waals surface area contributed by atoms with Crippen molar-refractivity contribution in [1.29, 1.82) is 0 Å². The van der Waals surface area contributed by atoms with Crippen molar-refractivity contribution in [2.24, 2.45) is 13.0 Å². The van der Waals surface area contributed by atoms with Gasteiger partial charge in [-0.1, -0.05) is 41.9 Å². The molecule has 1 fully saturated rings. The van der Waals surface area contributed by atoms with Crippen LogP contribution in [-0.2, 0) is 18.3 Å². The number of aldehydes is 1. The van der Waals surface area contributed by atoms with Crippen LogP contribution in [0.3, 0.4) is 0 Å². The number of fused-ring (bicyclic) bond motifs is 2. The van der Waals surface area contributed by atoms with Crippen LogP contribution in [0.1, 0.15) is 48.4 Å². The first-order chi connectivity index (χ1) is 22.9. The zero-order chi connectivity index (χ0) is 32.7. The van der Waals surface area contributed by atoms with Gasteiger partial charge < -0.3 is 14.8 Å². The van der Waals surface area contributed by atoms with Gasteiger partial charge in [0.1, 0.15) is 12.1 Å². The molecule has 5 aromatic rings. The molecule has 9 nitrogen and oxygen atoms in total. The summed E-state index contributed by atoms with van der Waals surface area (Å²) in [5.41, 5.74) is 7.48. The van der Waals surface area contributed by atoms with Crippen molar-refractivity contribution in [3.8, 4) is 28.3 Å². The number of nitrogens with zero attached hydrogens (tertiary/aromatic N) is 5. The molecule has 7 rings (SSSR count). The predicted octanol–water partition coefficient (Wildman–Crippen LogP) is 7.06. The second-order valence-corrected chi connectivity index (χ2v) is 12.9. The van der Waals surface area contributed by atoms with Gasteiger partial charge in [-0.05, 0) is 80.0 Å². The van der Waals surface area contributed by atoms with E-state index in [4.69, 9.17) is 21.3 Å². The van der Waals surface area contributed by atoms with E-state index in [0.717, 1.165) is 84.1 Å². The Hall–Kier alpha value is -4.60. The average Bonchev–Trinajstić information content (AvgIpc) is 3.73. The zero-order valence-electron chi connectivity index (χ0n) is 26.8. The molecule has 4 heterocycles. The molecule has 3 aromatic heterocycles. The Morgan fingerprint density at radius 3 is 2.74 bits per heavy atom. The van der Waals surface area contributed by atoms with Crippen molar-refractivity contribution >= 4 is 40.2 Å². The van der Waals surface area contributed by atoms with Crippen LogP contribution in [0.15, 0.2) is 65.7 Å². The van der Waals surface area contributed by atoms with Crippen molar-refractivity contribution in [1.82, 2.24) is 24.6 Å². The second-order valence-electron chi connectivity index (χ2n) is 12.5. The van der Waals surface area contributed by atoms with Gasteiger partial charge in [0.2, 0.25) is 5.88 Å². The van der Waals surface area contributed by atoms with Gasteiger partial charge >= 0.3 is 0 Å². The highest BCUT2D eigenvalue weighted by Gasteiger charge is 2.36. The maximum atomic E-state index is 13.0. The van der Waals surface area contributed by atoms with Crippen molar-refractivity contribution in [2.45, 2.75) is 45.1 Å². The third-order valence-electron chi connectivity index (χ3n) is 9.79. The predicted molar refractivity (Wildman–Crippen MR) is 186 cm³/mol. The molecule has 0 radical (unpaired) electrons. The maximum Gasteiger partial charge on any atom is 0.278 e. The molecule has 2 aliphatic rings. The second kappa shape index (κ2) is 12.9. The molecule has 10 heteroatoms. The molecular formula is C37H37ClN6O3. The smallest absolute Gasteiger partial charge is 0.278 e. The highest BCUT2D eigenvalue weighted by atomic mass is 35.5. The summed E-state index contributed by atoms with van der Waals surface area (Å²) in [7, 11) is 3.32. The molecule has 2 aromatic carbocycles. The quantitative estimate of drug-likeness (QED) is 0.170. The summed E-state index contributed by atoms with van der Waals surface area (Å²) in [6, 6.07) is 16.2. The molecule has 2 atom stereocenters. The molecule has 1 aliphatic heterocycles. The van der Waals surface area contributed by atoms with Gasteiger partial charge in [0.15, 0.2) is 0 Å². The summed E-state index contributed by atoms with van der Waals surface area (Å²) >= 11 is 7.22. The molecule has 0 bridgehead atoms. The van der Waals surface area contributed by atoms with E-state index in [1.807, 2.05) is 43.3 Å². The zero-order valence-corrected chi connectivity index (χ0v) is 27.6. The van der Waals surface area contributed by atoms with Crippen LogP contribution in [0.2, 0.25) is 5.02 Å². The lowest BCUT2D eigenvalue weighted by Gasteiger charge is -2.26. The SMILES string of the molecule is COc1nc(-c2cccc(-c3cccc(Nc4nccc5cnn(C)c(=O)c45)c3C)c2Cl)cc2c1[C@H](N1CCC(CCC=O)C1)CC2. The fourth-order valence-electron chi connectivity index (χ4n) is 7.32. The molecule has 0 spiro atoms. The van der Waals surface area contributed by atoms with Crippen LogP contribution in [0, 0.1) is 12.8 Å². The summed E-state index contributed by atoms with van der Waals surface area (Å²) in [4.78, 5) is 35.9. The number of likely N-dealkylation sites (tertiary alicyclic amines) is 1. The maximum absolute atomic E-state index is 13.0. The number of carbonyl (C=O) groups excluding carboxylic acids is 1. The van der Waals surface area contributed by atoms with Gasteiger partial charge in [0.05, 0.1) is 29.4 Å². The van der Waals surface area contributed by atoms with Gasteiger partial charge in [-0.3, -0.25) is 9.69 Å². The first-order valence-corrected chi connectivity index (χ1v) is 16.5. The van der Waals surface area contributed by atoms with Gasteiger partial charge in [-0.15, -0.1) is 0 Å². The minimum Gasteiger partial charge on any atom is -0.481 e. The van der Waals surface area contributed by atoms with Gasteiger partial charge in [-0.25, -0.2) is 14.6 Å². The number of halogens is 1. The van der Waals surface area contributed by atoms with E-state index in [-0.39, 0.29) is 11.6 Å². The Labute approximate surface area is 278 Å². The first kappa shape index (κ1) is 31.0. The number of rotatable bonds is 9. The number of pyridine rings is 2. The van der Waals surface area contributed by atoms with Crippen LogP contribution >= 0.6 is 11.6 Å². The summed E-state index contributed by atoms with van der Waals surface area (Å²) in [6.07, 6.45) is 9.06. The monoisotopic (exact) mass is 648 g/mol. The summed E-state index contributed by atoms with van der Waals surface area (Å²) < 4.78 is 7.24. The number of carbonyl (C=O) groups is 1. The lowest BCUT2D eigenvalue weighted by Crippen LogP contribution is -2.25. The van der Waals surface area contributed by atoms with Crippen LogP contribution in [0.5, 0.6) is 5.88 Å². The Bertz CT molecular complexity index is 2060. The average molecular weight is 649 g/mol. The molecule has 240 valence electrons. The number of hydrogen-bond donors (Lipinski definition) is 1. The Balaban J connectivity index is 1.21. The molecule has 0 amide bonds. The number of ether oxygens (including phenoxy) is 1. The van der Waals surface area contributed by atoms with Crippen LogP contribution in [-0.4, -0.2) is 51.1 Å². The van der Waals surface area contributed by atoms with E-state index >= 15 is 0 Å². The molecule has 1 aliphatic carbocycles. The fraction of sp³-hybridized carbons (Fsp3) is 0.324. The van der Waals surface area contributed by atoms with Crippen LogP contribution in [0.4, 0.5) is 11.5 Å². The normalized spacial score (nSPS) is 17.6. The third kappa shape index (κ3) is 5.68. The third-order valence-corrected chi connectivity index (χ3v) is 10.2. The number of aryl methyl sites for hydroxylation is 2. The van der Waals surface area contributed by atoms with Crippen molar-refractivity contribution in [2.75, 3.05) is 25.5 Å². The molecular weight excluding hydrogens is 612 g/mol. The molecule has 47 heavy (non-hydrogen) atoms. The topological polar surface area (TPSA) is 102 Å². The van der Waals surface area contributed by atoms with E-state index in [1.165, 1.54) is 15.8 Å². The van der Waals surface area contributed by atoms with E-state index in [2.05, 4.69) is 26.4 Å². The number of hydrogen-bond acceptors (Lipinski definition) is 8. The Morgan fingerprint density at radius 1 is 1.11 bits per heavy atom. The Morgan fingerprint density at radius 2 is 1.91 bits per heavy atom. The molecule has 1 N–H and O–H groups in total. The molecule has 1 unspecified atom stereocenters. The van der Waals surface area contributed by atoms with E-state index in [9.17, 15) is 9.59 Å². The van der Waals surface area contributed by atoms with Gasteiger partial charge in [0, 0.05) is 60.0 Å². The number of nitrogens with one attached hydrogen (secondary N) is 1. The Kier molecular flexibility index (Phi) is 8.51. The number of benzene rings is 2. The van der Waals surface area contributed by atoms with E-state index in [1.54, 1.807) is 32.6 Å². The van der Waals surface area contributed by atoms with E-state index < -0.39 is 0 Å². The highest BCUT2D eigenvalue weighted by Crippen LogP contribution is 2.46. The van der Waals surface area contributed by atoms with Gasteiger partial charge in [0.25, 0.3) is 5.56 Å². The van der Waals surface area contributed by atoms with Crippen LogP contribution < -0.4 is 15.6 Å².